The summed E-state index contributed by atoms with van der Waals surface area (Å²) < 4.78 is 11.5. The summed E-state index contributed by atoms with van der Waals surface area (Å²) >= 11 is 5.91. The van der Waals surface area contributed by atoms with E-state index in [4.69, 9.17) is 21.1 Å². The first kappa shape index (κ1) is 20.7. The molecule has 1 amide bonds. The lowest BCUT2D eigenvalue weighted by molar-refractivity contribution is -0.0549. The third kappa shape index (κ3) is 5.71. The molecule has 6 heteroatoms. The SMILES string of the molecule is CC(C)(C)OC(=O)N1CC(OC(C)(C)C)CC1C(=O)c1ccc(Cl)cc1. The molecule has 0 N–H and O–H groups in total. The standard InChI is InChI=1S/C20H28ClNO4/c1-19(2,3)25-15-11-16(17(23)13-7-9-14(21)10-8-13)22(12-15)18(24)26-20(4,5)6/h7-10,15-16H,11-12H2,1-6H3. The fraction of sp³-hybridized carbons (Fsp3) is 0.600. The minimum Gasteiger partial charge on any atom is -0.444 e. The predicted molar refractivity (Wildman–Crippen MR) is 102 cm³/mol. The van der Waals surface area contributed by atoms with E-state index < -0.39 is 17.7 Å². The zero-order valence-corrected chi connectivity index (χ0v) is 17.1. The molecule has 1 aliphatic rings. The first-order valence-electron chi connectivity index (χ1n) is 8.83. The van der Waals surface area contributed by atoms with Crippen LogP contribution < -0.4 is 0 Å². The average Bonchev–Trinajstić information content (AvgIpc) is 2.87. The molecule has 1 heterocycles. The maximum atomic E-state index is 13.0. The maximum absolute atomic E-state index is 13.0. The van der Waals surface area contributed by atoms with Crippen molar-refractivity contribution in [3.8, 4) is 0 Å². The molecule has 26 heavy (non-hydrogen) atoms. The van der Waals surface area contributed by atoms with Crippen molar-refractivity contribution in [2.24, 2.45) is 0 Å². The molecule has 2 atom stereocenters. The van der Waals surface area contributed by atoms with Crippen molar-refractivity contribution in [1.29, 1.82) is 0 Å². The second-order valence-electron chi connectivity index (χ2n) is 8.61. The van der Waals surface area contributed by atoms with Gasteiger partial charge in [0.15, 0.2) is 5.78 Å². The molecule has 0 aliphatic carbocycles. The van der Waals surface area contributed by atoms with Crippen molar-refractivity contribution in [2.45, 2.75) is 71.3 Å². The Balaban J connectivity index is 2.24. The van der Waals surface area contributed by atoms with E-state index in [1.54, 1.807) is 45.0 Å². The number of rotatable bonds is 3. The molecule has 1 aliphatic heterocycles. The Morgan fingerprint density at radius 1 is 1.04 bits per heavy atom. The lowest BCUT2D eigenvalue weighted by Crippen LogP contribution is -2.43. The summed E-state index contributed by atoms with van der Waals surface area (Å²) in [7, 11) is 0. The van der Waals surface area contributed by atoms with Crippen LogP contribution in [0.5, 0.6) is 0 Å². The van der Waals surface area contributed by atoms with Crippen molar-refractivity contribution < 1.29 is 19.1 Å². The van der Waals surface area contributed by atoms with E-state index in [-0.39, 0.29) is 17.5 Å². The predicted octanol–water partition coefficient (Wildman–Crippen LogP) is 4.72. The van der Waals surface area contributed by atoms with Gasteiger partial charge in [0.25, 0.3) is 0 Å². The summed E-state index contributed by atoms with van der Waals surface area (Å²) in [5, 5.41) is 0.561. The fourth-order valence-corrected chi connectivity index (χ4v) is 3.09. The molecule has 1 fully saturated rings. The number of Topliss-reactive ketones (excluding diaryl/α,β-unsaturated/α-hetero) is 1. The van der Waals surface area contributed by atoms with Gasteiger partial charge in [-0.05, 0) is 65.8 Å². The molecule has 1 saturated heterocycles. The van der Waals surface area contributed by atoms with Gasteiger partial charge in [-0.25, -0.2) is 4.79 Å². The summed E-state index contributed by atoms with van der Waals surface area (Å²) in [5.74, 6) is -0.132. The van der Waals surface area contributed by atoms with Crippen LogP contribution in [0.3, 0.4) is 0 Å². The molecule has 0 saturated carbocycles. The van der Waals surface area contributed by atoms with Crippen molar-refractivity contribution in [2.75, 3.05) is 6.54 Å². The lowest BCUT2D eigenvalue weighted by Gasteiger charge is -2.28. The van der Waals surface area contributed by atoms with Gasteiger partial charge in [0.05, 0.1) is 18.2 Å². The average molecular weight is 382 g/mol. The monoisotopic (exact) mass is 381 g/mol. The maximum Gasteiger partial charge on any atom is 0.411 e. The highest BCUT2D eigenvalue weighted by Crippen LogP contribution is 2.28. The van der Waals surface area contributed by atoms with Crippen LogP contribution >= 0.6 is 11.6 Å². The Hall–Kier alpha value is -1.59. The number of benzene rings is 1. The van der Waals surface area contributed by atoms with E-state index in [1.165, 1.54) is 4.90 Å². The largest absolute Gasteiger partial charge is 0.444 e. The molecule has 5 nitrogen and oxygen atoms in total. The van der Waals surface area contributed by atoms with Gasteiger partial charge in [0.2, 0.25) is 0 Å². The van der Waals surface area contributed by atoms with Gasteiger partial charge in [-0.15, -0.1) is 0 Å². The van der Waals surface area contributed by atoms with E-state index >= 15 is 0 Å². The fourth-order valence-electron chi connectivity index (χ4n) is 2.96. The molecule has 144 valence electrons. The van der Waals surface area contributed by atoms with Gasteiger partial charge < -0.3 is 9.47 Å². The third-order valence-electron chi connectivity index (χ3n) is 3.84. The van der Waals surface area contributed by atoms with E-state index in [0.29, 0.717) is 23.6 Å². The van der Waals surface area contributed by atoms with Crippen LogP contribution in [0.2, 0.25) is 5.02 Å². The van der Waals surface area contributed by atoms with E-state index in [9.17, 15) is 9.59 Å². The Kier molecular flexibility index (Phi) is 6.03. The minimum absolute atomic E-state index is 0.132. The number of halogens is 1. The van der Waals surface area contributed by atoms with Gasteiger partial charge in [-0.3, -0.25) is 9.69 Å². The number of nitrogens with zero attached hydrogens (tertiary/aromatic N) is 1. The first-order valence-corrected chi connectivity index (χ1v) is 9.21. The van der Waals surface area contributed by atoms with Gasteiger partial charge in [-0.2, -0.15) is 0 Å². The number of carbonyl (C=O) groups is 2. The Labute approximate surface area is 160 Å². The van der Waals surface area contributed by atoms with Crippen LogP contribution in [0.4, 0.5) is 4.79 Å². The van der Waals surface area contributed by atoms with Crippen LogP contribution in [-0.2, 0) is 9.47 Å². The quantitative estimate of drug-likeness (QED) is 0.711. The van der Waals surface area contributed by atoms with Crippen molar-refractivity contribution in [3.63, 3.8) is 0 Å². The number of amides is 1. The van der Waals surface area contributed by atoms with Crippen LogP contribution in [0.15, 0.2) is 24.3 Å². The number of hydrogen-bond donors (Lipinski definition) is 0. The van der Waals surface area contributed by atoms with Crippen LogP contribution in [-0.4, -0.2) is 46.7 Å². The van der Waals surface area contributed by atoms with Gasteiger partial charge in [-0.1, -0.05) is 11.6 Å². The third-order valence-corrected chi connectivity index (χ3v) is 4.09. The van der Waals surface area contributed by atoms with E-state index in [0.717, 1.165) is 0 Å². The smallest absolute Gasteiger partial charge is 0.411 e. The van der Waals surface area contributed by atoms with Crippen molar-refractivity contribution >= 4 is 23.5 Å². The number of ether oxygens (including phenoxy) is 2. The van der Waals surface area contributed by atoms with Gasteiger partial charge >= 0.3 is 6.09 Å². The van der Waals surface area contributed by atoms with Crippen LogP contribution in [0.1, 0.15) is 58.3 Å². The second-order valence-corrected chi connectivity index (χ2v) is 9.04. The number of carbonyl (C=O) groups excluding carboxylic acids is 2. The molecule has 1 aromatic carbocycles. The Morgan fingerprint density at radius 3 is 2.12 bits per heavy atom. The summed E-state index contributed by atoms with van der Waals surface area (Å²) in [5.41, 5.74) is -0.472. The normalized spacial score (nSPS) is 21.0. The molecule has 0 radical (unpaired) electrons. The lowest BCUT2D eigenvalue weighted by atomic mass is 10.0. The second kappa shape index (κ2) is 7.57. The summed E-state index contributed by atoms with van der Waals surface area (Å²) in [4.78, 5) is 27.1. The summed E-state index contributed by atoms with van der Waals surface area (Å²) in [6.45, 7) is 11.6. The highest BCUT2D eigenvalue weighted by atomic mass is 35.5. The molecule has 2 rings (SSSR count). The molecule has 2 unspecified atom stereocenters. The van der Waals surface area contributed by atoms with E-state index in [1.807, 2.05) is 20.8 Å². The molecule has 0 spiro atoms. The highest BCUT2D eigenvalue weighted by Gasteiger charge is 2.43. The van der Waals surface area contributed by atoms with Crippen LogP contribution in [0, 0.1) is 0 Å². The van der Waals surface area contributed by atoms with Gasteiger partial charge in [0.1, 0.15) is 11.6 Å². The van der Waals surface area contributed by atoms with Crippen molar-refractivity contribution in [3.05, 3.63) is 34.9 Å². The first-order chi connectivity index (χ1) is 11.9. The Morgan fingerprint density at radius 2 is 1.62 bits per heavy atom. The molecule has 1 aromatic rings. The molecule has 0 aromatic heterocycles. The van der Waals surface area contributed by atoms with Gasteiger partial charge in [0, 0.05) is 17.0 Å². The number of hydrogen-bond acceptors (Lipinski definition) is 4. The summed E-state index contributed by atoms with van der Waals surface area (Å²) in [6, 6.07) is 6.08. The molecular weight excluding hydrogens is 354 g/mol. The van der Waals surface area contributed by atoms with Crippen LogP contribution in [0.25, 0.3) is 0 Å². The zero-order valence-electron chi connectivity index (χ0n) is 16.3. The highest BCUT2D eigenvalue weighted by molar-refractivity contribution is 6.30. The Bertz CT molecular complexity index is 658. The molecule has 0 bridgehead atoms. The minimum atomic E-state index is -0.631. The van der Waals surface area contributed by atoms with E-state index in [2.05, 4.69) is 0 Å². The topological polar surface area (TPSA) is 55.8 Å². The number of likely N-dealkylation sites (tertiary alicyclic amines) is 1. The number of ketones is 1. The van der Waals surface area contributed by atoms with Crippen molar-refractivity contribution in [1.82, 2.24) is 4.90 Å². The summed E-state index contributed by atoms with van der Waals surface area (Å²) in [6.07, 6.45) is -0.272. The molecular formula is C20H28ClNO4. The zero-order chi connectivity index (χ0) is 19.7.